The molecule has 1 unspecified atom stereocenters. The first-order valence-electron chi connectivity index (χ1n) is 14.2. The summed E-state index contributed by atoms with van der Waals surface area (Å²) in [5.74, 6) is -1.65. The Morgan fingerprint density at radius 2 is 1.77 bits per heavy atom. The third kappa shape index (κ3) is 5.56. The van der Waals surface area contributed by atoms with E-state index in [1.807, 2.05) is 0 Å². The average Bonchev–Trinajstić information content (AvgIpc) is 3.53. The third-order valence-electron chi connectivity index (χ3n) is 8.01. The summed E-state index contributed by atoms with van der Waals surface area (Å²) in [5.41, 5.74) is 0.263. The van der Waals surface area contributed by atoms with Crippen molar-refractivity contribution in [3.05, 3.63) is 55.4 Å². The molecule has 0 bridgehead atoms. The molecule has 4 heterocycles. The number of benzene rings is 2. The van der Waals surface area contributed by atoms with Gasteiger partial charge in [0.2, 0.25) is 5.91 Å². The minimum Gasteiger partial charge on any atom is -0.483 e. The van der Waals surface area contributed by atoms with Gasteiger partial charge in [0, 0.05) is 26.1 Å². The van der Waals surface area contributed by atoms with Gasteiger partial charge in [-0.15, -0.1) is 0 Å². The van der Waals surface area contributed by atoms with E-state index >= 15 is 0 Å². The van der Waals surface area contributed by atoms with Crippen LogP contribution >= 0.6 is 34.8 Å². The maximum atomic E-state index is 14.1. The first-order chi connectivity index (χ1) is 20.9. The van der Waals surface area contributed by atoms with Gasteiger partial charge >= 0.3 is 11.7 Å². The topological polar surface area (TPSA) is 118 Å². The van der Waals surface area contributed by atoms with Gasteiger partial charge in [-0.05, 0) is 36.7 Å². The van der Waals surface area contributed by atoms with Gasteiger partial charge < -0.3 is 18.9 Å². The molecular weight excluding hydrogens is 653 g/mol. The highest BCUT2D eigenvalue weighted by atomic mass is 35.5. The molecule has 3 atom stereocenters. The highest BCUT2D eigenvalue weighted by Gasteiger charge is 2.44. The van der Waals surface area contributed by atoms with E-state index in [0.717, 1.165) is 10.9 Å². The Balaban J connectivity index is 1.38. The number of aromatic nitrogens is 2. The number of carbonyl (C=O) groups excluding carboxylic acids is 3. The lowest BCUT2D eigenvalue weighted by Gasteiger charge is -2.31. The minimum absolute atomic E-state index is 0.0263. The van der Waals surface area contributed by atoms with Gasteiger partial charge in [0.1, 0.15) is 36.0 Å². The van der Waals surface area contributed by atoms with Gasteiger partial charge in [0.25, 0.3) is 5.91 Å². The summed E-state index contributed by atoms with van der Waals surface area (Å²) in [6, 6.07) is 5.26. The number of esters is 1. The number of imidazole rings is 1. The highest BCUT2D eigenvalue weighted by Crippen LogP contribution is 2.42. The molecule has 3 aliphatic rings. The molecule has 3 aromatic rings. The van der Waals surface area contributed by atoms with E-state index in [1.165, 1.54) is 27.3 Å². The zero-order valence-corrected chi connectivity index (χ0v) is 27.5. The number of amides is 2. The van der Waals surface area contributed by atoms with E-state index in [4.69, 9.17) is 53.8 Å². The first-order valence-corrected chi connectivity index (χ1v) is 19.0. The lowest BCUT2D eigenvalue weighted by molar-refractivity contribution is -0.157. The van der Waals surface area contributed by atoms with Crippen LogP contribution < -0.4 is 15.2 Å². The van der Waals surface area contributed by atoms with Gasteiger partial charge in [-0.1, -0.05) is 54.4 Å². The molecule has 0 radical (unpaired) electrons. The summed E-state index contributed by atoms with van der Waals surface area (Å²) < 4.78 is 26.1. The number of hydrogen-bond acceptors (Lipinski definition) is 8. The molecule has 0 aliphatic carbocycles. The van der Waals surface area contributed by atoms with Crippen LogP contribution in [0.5, 0.6) is 11.5 Å². The predicted molar refractivity (Wildman–Crippen MR) is 166 cm³/mol. The van der Waals surface area contributed by atoms with E-state index < -0.39 is 43.8 Å². The number of rotatable bonds is 8. The third-order valence-corrected chi connectivity index (χ3v) is 10.5. The van der Waals surface area contributed by atoms with Crippen molar-refractivity contribution in [3.63, 3.8) is 0 Å². The maximum absolute atomic E-state index is 14.1. The molecule has 15 heteroatoms. The molecule has 1 aromatic heterocycles. The molecule has 2 aromatic carbocycles. The number of imide groups is 1. The van der Waals surface area contributed by atoms with E-state index in [0.29, 0.717) is 17.6 Å². The molecule has 11 nitrogen and oxygen atoms in total. The second kappa shape index (κ2) is 11.8. The summed E-state index contributed by atoms with van der Waals surface area (Å²) in [6.45, 7) is 7.30. The fourth-order valence-corrected chi connectivity index (χ4v) is 7.38. The van der Waals surface area contributed by atoms with Crippen LogP contribution in [0.25, 0.3) is 11.0 Å². The van der Waals surface area contributed by atoms with Crippen LogP contribution in [0, 0.1) is 0 Å². The smallest absolute Gasteiger partial charge is 0.347 e. The van der Waals surface area contributed by atoms with Crippen LogP contribution in [-0.2, 0) is 19.1 Å². The minimum atomic E-state index is -1.37. The molecule has 0 spiro atoms. The van der Waals surface area contributed by atoms with Crippen LogP contribution in [0.3, 0.4) is 0 Å². The molecule has 2 amide bonds. The first kappa shape index (κ1) is 31.1. The summed E-state index contributed by atoms with van der Waals surface area (Å²) in [4.78, 5) is 55.1. The summed E-state index contributed by atoms with van der Waals surface area (Å²) in [6.07, 6.45) is -0.352. The SMILES string of the molecule is C[Si](C)(C)CCOCN1C(=O)CCC(n2c(=O)n3c4c(c(C(=O)Oc5c(Cl)cc(Cl)cc5Cl)ccc42)O[C@@H]2COC[C@@H]23)C1=O. The van der Waals surface area contributed by atoms with Gasteiger partial charge in [-0.25, -0.2) is 9.59 Å². The van der Waals surface area contributed by atoms with Gasteiger partial charge in [0.15, 0.2) is 11.5 Å². The number of likely N-dealkylation sites (tertiary alicyclic amines) is 1. The molecule has 44 heavy (non-hydrogen) atoms. The number of hydrogen-bond donors (Lipinski definition) is 0. The molecule has 2 fully saturated rings. The van der Waals surface area contributed by atoms with Crippen molar-refractivity contribution in [1.82, 2.24) is 14.0 Å². The van der Waals surface area contributed by atoms with E-state index in [-0.39, 0.29) is 70.8 Å². The Kier molecular flexibility index (Phi) is 8.35. The summed E-state index contributed by atoms with van der Waals surface area (Å²) in [5, 5.41) is 0.351. The summed E-state index contributed by atoms with van der Waals surface area (Å²) in [7, 11) is -1.37. The Labute approximate surface area is 268 Å². The number of halogens is 3. The van der Waals surface area contributed by atoms with Crippen molar-refractivity contribution in [2.24, 2.45) is 0 Å². The van der Waals surface area contributed by atoms with Crippen LogP contribution in [0.2, 0.25) is 40.8 Å². The van der Waals surface area contributed by atoms with Gasteiger partial charge in [0.05, 0.1) is 28.8 Å². The molecule has 0 N–H and O–H groups in total. The van der Waals surface area contributed by atoms with E-state index in [1.54, 1.807) is 6.07 Å². The number of nitrogens with zero attached hydrogens (tertiary/aromatic N) is 3. The largest absolute Gasteiger partial charge is 0.483 e. The van der Waals surface area contributed by atoms with Crippen molar-refractivity contribution < 1.29 is 33.3 Å². The van der Waals surface area contributed by atoms with Gasteiger partial charge in [-0.2, -0.15) is 0 Å². The van der Waals surface area contributed by atoms with Crippen molar-refractivity contribution in [2.45, 2.75) is 56.7 Å². The van der Waals surface area contributed by atoms with Gasteiger partial charge in [-0.3, -0.25) is 23.6 Å². The molecule has 3 aliphatic heterocycles. The second-order valence-corrected chi connectivity index (χ2v) is 19.1. The fourth-order valence-electron chi connectivity index (χ4n) is 5.72. The Morgan fingerprint density at radius 1 is 1.05 bits per heavy atom. The normalized spacial score (nSPS) is 21.5. The molecule has 2 saturated heterocycles. The quantitative estimate of drug-likeness (QED) is 0.103. The Morgan fingerprint density at radius 3 is 2.48 bits per heavy atom. The van der Waals surface area contributed by atoms with Crippen LogP contribution in [0.1, 0.15) is 35.3 Å². The highest BCUT2D eigenvalue weighted by molar-refractivity contribution is 6.76. The molecule has 6 rings (SSSR count). The zero-order valence-electron chi connectivity index (χ0n) is 24.2. The zero-order chi connectivity index (χ0) is 31.5. The number of ether oxygens (including phenoxy) is 4. The van der Waals surface area contributed by atoms with Crippen LogP contribution in [-0.4, -0.2) is 72.5 Å². The van der Waals surface area contributed by atoms with E-state index in [9.17, 15) is 19.2 Å². The van der Waals surface area contributed by atoms with Crippen LogP contribution in [0.4, 0.5) is 0 Å². The molecule has 234 valence electrons. The van der Waals surface area contributed by atoms with Crippen molar-refractivity contribution >= 4 is 71.7 Å². The molecule has 0 saturated carbocycles. The number of fused-ring (bicyclic) bond motifs is 2. The van der Waals surface area contributed by atoms with Crippen molar-refractivity contribution in [1.29, 1.82) is 0 Å². The number of carbonyl (C=O) groups is 3. The second-order valence-electron chi connectivity index (χ2n) is 12.2. The molecular formula is C29H30Cl3N3O8Si. The van der Waals surface area contributed by atoms with Crippen molar-refractivity contribution in [3.8, 4) is 11.5 Å². The summed E-state index contributed by atoms with van der Waals surface area (Å²) >= 11 is 18.5. The lowest BCUT2D eigenvalue weighted by Crippen LogP contribution is -2.49. The van der Waals surface area contributed by atoms with E-state index in [2.05, 4.69) is 19.6 Å². The average molecular weight is 683 g/mol. The maximum Gasteiger partial charge on any atom is 0.347 e. The number of piperidine rings is 1. The Hall–Kier alpha value is -2.87. The van der Waals surface area contributed by atoms with Crippen LogP contribution in [0.15, 0.2) is 29.1 Å². The Bertz CT molecular complexity index is 1730. The fraction of sp³-hybridized carbons (Fsp3) is 0.448. The monoisotopic (exact) mass is 681 g/mol. The standard InChI is InChI=1S/C29H30Cl3N3O8Si/c1-44(2,3)9-8-40-14-33-23(36)7-6-20(27(33)37)34-19-5-4-16(28(38)43-26-17(31)10-15(30)11-18(26)32)25-24(19)35(29(34)39)21-12-41-13-22(21)42-25/h4-5,10-11,20-22H,6-9,12-14H2,1-3H3/t20?,21-,22+/m0/s1. The lowest BCUT2D eigenvalue weighted by atomic mass is 10.0. The van der Waals surface area contributed by atoms with Crippen molar-refractivity contribution in [2.75, 3.05) is 26.6 Å². The predicted octanol–water partition coefficient (Wildman–Crippen LogP) is 5.32.